The Morgan fingerprint density at radius 2 is 2.15 bits per heavy atom. The van der Waals surface area contributed by atoms with Crippen molar-refractivity contribution in [2.24, 2.45) is 4.99 Å². The molecule has 0 saturated heterocycles. The normalized spacial score (nSPS) is 11.0. The largest absolute Gasteiger partial charge is 0.296 e. The summed E-state index contributed by atoms with van der Waals surface area (Å²) in [5, 5.41) is 0. The molecule has 1 aromatic carbocycles. The summed E-state index contributed by atoms with van der Waals surface area (Å²) in [4.78, 5) is 4.05. The smallest absolute Gasteiger partial charge is 0.0284 e. The van der Waals surface area contributed by atoms with Crippen molar-refractivity contribution >= 4 is 6.21 Å². The van der Waals surface area contributed by atoms with Gasteiger partial charge in [0.2, 0.25) is 0 Å². The van der Waals surface area contributed by atoms with Crippen LogP contribution in [-0.2, 0) is 6.42 Å². The maximum Gasteiger partial charge on any atom is 0.0284 e. The Kier molecular flexibility index (Phi) is 3.69. The molecule has 0 atom stereocenters. The predicted molar refractivity (Wildman–Crippen MR) is 58.7 cm³/mol. The van der Waals surface area contributed by atoms with E-state index in [4.69, 9.17) is 0 Å². The molecule has 0 unspecified atom stereocenters. The first kappa shape index (κ1) is 9.97. The van der Waals surface area contributed by atoms with Crippen molar-refractivity contribution in [3.8, 4) is 0 Å². The average molecular weight is 175 g/mol. The summed E-state index contributed by atoms with van der Waals surface area (Å²) in [6.07, 6.45) is 4.27. The lowest BCUT2D eigenvalue weighted by Crippen LogP contribution is -1.93. The molecule has 1 rings (SSSR count). The van der Waals surface area contributed by atoms with Crippen LogP contribution in [0.25, 0.3) is 0 Å². The van der Waals surface area contributed by atoms with Gasteiger partial charge < -0.3 is 0 Å². The maximum absolute atomic E-state index is 4.05. The predicted octanol–water partition coefficient (Wildman–Crippen LogP) is 3.00. The first-order valence-electron chi connectivity index (χ1n) is 4.79. The zero-order chi connectivity index (χ0) is 9.68. The highest BCUT2D eigenvalue weighted by atomic mass is 14.6. The van der Waals surface area contributed by atoms with Crippen molar-refractivity contribution in [1.82, 2.24) is 0 Å². The number of aliphatic imine (C=N–C) groups is 1. The molecule has 1 nitrogen and oxygen atoms in total. The van der Waals surface area contributed by atoms with Crippen molar-refractivity contribution in [2.45, 2.75) is 26.7 Å². The second-order valence-electron chi connectivity index (χ2n) is 3.34. The number of nitrogens with zero attached hydrogens (tertiary/aromatic N) is 1. The van der Waals surface area contributed by atoms with Gasteiger partial charge in [0, 0.05) is 13.3 Å². The van der Waals surface area contributed by atoms with Gasteiger partial charge in [0.1, 0.15) is 0 Å². The molecule has 0 radical (unpaired) electrons. The first-order chi connectivity index (χ1) is 6.27. The Balaban J connectivity index is 3.02. The Morgan fingerprint density at radius 3 is 2.77 bits per heavy atom. The Hall–Kier alpha value is -1.11. The molecule has 0 aliphatic carbocycles. The number of hydrogen-bond acceptors (Lipinski definition) is 1. The van der Waals surface area contributed by atoms with Crippen molar-refractivity contribution in [3.63, 3.8) is 0 Å². The van der Waals surface area contributed by atoms with Gasteiger partial charge >= 0.3 is 0 Å². The maximum atomic E-state index is 4.05. The highest BCUT2D eigenvalue weighted by molar-refractivity contribution is 5.81. The van der Waals surface area contributed by atoms with E-state index in [-0.39, 0.29) is 0 Å². The van der Waals surface area contributed by atoms with Crippen LogP contribution < -0.4 is 0 Å². The highest BCUT2D eigenvalue weighted by Gasteiger charge is 1.98. The standard InChI is InChI=1S/C12H17N/c1-4-5-11-8-10(2)6-7-12(11)9-13-3/h6-9H,4-5H2,1-3H3. The van der Waals surface area contributed by atoms with E-state index in [1.165, 1.54) is 23.1 Å². The molecule has 0 aliphatic heterocycles. The van der Waals surface area contributed by atoms with Crippen LogP contribution in [0.1, 0.15) is 30.0 Å². The summed E-state index contributed by atoms with van der Waals surface area (Å²) in [5.41, 5.74) is 4.00. The molecule has 0 heterocycles. The lowest BCUT2D eigenvalue weighted by Gasteiger charge is -2.05. The molecule has 0 amide bonds. The van der Waals surface area contributed by atoms with E-state index in [9.17, 15) is 0 Å². The molecule has 70 valence electrons. The van der Waals surface area contributed by atoms with Crippen LogP contribution in [-0.4, -0.2) is 13.3 Å². The van der Waals surface area contributed by atoms with Crippen LogP contribution in [0, 0.1) is 6.92 Å². The minimum atomic E-state index is 1.14. The van der Waals surface area contributed by atoms with E-state index in [0.717, 1.165) is 6.42 Å². The van der Waals surface area contributed by atoms with E-state index in [2.05, 4.69) is 37.0 Å². The molecular weight excluding hydrogens is 158 g/mol. The third-order valence-electron chi connectivity index (χ3n) is 2.09. The summed E-state index contributed by atoms with van der Waals surface area (Å²) < 4.78 is 0. The summed E-state index contributed by atoms with van der Waals surface area (Å²) in [7, 11) is 1.82. The zero-order valence-electron chi connectivity index (χ0n) is 8.67. The van der Waals surface area contributed by atoms with Crippen LogP contribution in [0.5, 0.6) is 0 Å². The second-order valence-corrected chi connectivity index (χ2v) is 3.34. The fourth-order valence-electron chi connectivity index (χ4n) is 1.49. The molecule has 0 spiro atoms. The number of hydrogen-bond donors (Lipinski definition) is 0. The Bertz CT molecular complexity index is 300. The minimum Gasteiger partial charge on any atom is -0.296 e. The summed E-state index contributed by atoms with van der Waals surface area (Å²) in [6, 6.07) is 6.53. The van der Waals surface area contributed by atoms with Gasteiger partial charge in [0.15, 0.2) is 0 Å². The molecule has 0 N–H and O–H groups in total. The Labute approximate surface area is 80.5 Å². The average Bonchev–Trinajstić information content (AvgIpc) is 2.10. The second kappa shape index (κ2) is 4.80. The Morgan fingerprint density at radius 1 is 1.38 bits per heavy atom. The van der Waals surface area contributed by atoms with Crippen LogP contribution in [0.2, 0.25) is 0 Å². The first-order valence-corrected chi connectivity index (χ1v) is 4.79. The molecular formula is C12H17N. The molecule has 0 saturated carbocycles. The topological polar surface area (TPSA) is 12.4 Å². The van der Waals surface area contributed by atoms with E-state index in [0.29, 0.717) is 0 Å². The third-order valence-corrected chi connectivity index (χ3v) is 2.09. The third kappa shape index (κ3) is 2.69. The minimum absolute atomic E-state index is 1.14. The summed E-state index contributed by atoms with van der Waals surface area (Å²) in [5.74, 6) is 0. The molecule has 0 aromatic heterocycles. The van der Waals surface area contributed by atoms with Crippen molar-refractivity contribution in [2.75, 3.05) is 7.05 Å². The number of rotatable bonds is 3. The van der Waals surface area contributed by atoms with E-state index in [1.54, 1.807) is 0 Å². The molecule has 0 bridgehead atoms. The van der Waals surface area contributed by atoms with Gasteiger partial charge in [-0.2, -0.15) is 0 Å². The van der Waals surface area contributed by atoms with Crippen LogP contribution in [0.15, 0.2) is 23.2 Å². The van der Waals surface area contributed by atoms with Gasteiger partial charge in [-0.05, 0) is 24.5 Å². The summed E-state index contributed by atoms with van der Waals surface area (Å²) in [6.45, 7) is 4.33. The lowest BCUT2D eigenvalue weighted by atomic mass is 10.0. The quantitative estimate of drug-likeness (QED) is 0.626. The summed E-state index contributed by atoms with van der Waals surface area (Å²) >= 11 is 0. The highest BCUT2D eigenvalue weighted by Crippen LogP contribution is 2.11. The van der Waals surface area contributed by atoms with Gasteiger partial charge in [-0.25, -0.2) is 0 Å². The van der Waals surface area contributed by atoms with Gasteiger partial charge in [0.05, 0.1) is 0 Å². The van der Waals surface area contributed by atoms with Crippen LogP contribution in [0.4, 0.5) is 0 Å². The van der Waals surface area contributed by atoms with Crippen LogP contribution >= 0.6 is 0 Å². The van der Waals surface area contributed by atoms with Gasteiger partial charge in [-0.1, -0.05) is 37.1 Å². The van der Waals surface area contributed by atoms with Crippen LogP contribution in [0.3, 0.4) is 0 Å². The number of aryl methyl sites for hydroxylation is 2. The molecule has 1 aromatic rings. The fourth-order valence-corrected chi connectivity index (χ4v) is 1.49. The van der Waals surface area contributed by atoms with Gasteiger partial charge in [0.25, 0.3) is 0 Å². The molecule has 13 heavy (non-hydrogen) atoms. The molecule has 0 aliphatic rings. The van der Waals surface area contributed by atoms with E-state index < -0.39 is 0 Å². The van der Waals surface area contributed by atoms with Crippen molar-refractivity contribution in [3.05, 3.63) is 34.9 Å². The fraction of sp³-hybridized carbons (Fsp3) is 0.417. The van der Waals surface area contributed by atoms with E-state index >= 15 is 0 Å². The van der Waals surface area contributed by atoms with Gasteiger partial charge in [-0.3, -0.25) is 4.99 Å². The lowest BCUT2D eigenvalue weighted by molar-refractivity contribution is 0.918. The van der Waals surface area contributed by atoms with Crippen molar-refractivity contribution < 1.29 is 0 Å². The monoisotopic (exact) mass is 175 g/mol. The molecule has 0 fully saturated rings. The van der Waals surface area contributed by atoms with Gasteiger partial charge in [-0.15, -0.1) is 0 Å². The molecule has 1 heteroatoms. The SMILES string of the molecule is CCCc1cc(C)ccc1C=NC. The zero-order valence-corrected chi connectivity index (χ0v) is 8.67. The number of benzene rings is 1. The van der Waals surface area contributed by atoms with Crippen molar-refractivity contribution in [1.29, 1.82) is 0 Å². The van der Waals surface area contributed by atoms with E-state index in [1.807, 2.05) is 13.3 Å².